The Kier molecular flexibility index (Phi) is 9.66. The number of carbonyl (C=O) groups is 1. The Balaban J connectivity index is 1.55. The predicted octanol–water partition coefficient (Wildman–Crippen LogP) is 6.21. The van der Waals surface area contributed by atoms with Gasteiger partial charge in [0.1, 0.15) is 10.6 Å². The first kappa shape index (κ1) is 37.3. The Labute approximate surface area is 301 Å². The summed E-state index contributed by atoms with van der Waals surface area (Å²) in [5.41, 5.74) is -0.176. The fraction of sp³-hybridized carbons (Fsp3) is 0.405. The number of sulfone groups is 2. The average molecular weight is 754 g/mol. The highest BCUT2D eigenvalue weighted by molar-refractivity contribution is 7.92. The molecule has 5 aromatic rings. The number of aliphatic carboxylic acids is 1. The number of aromatic nitrogens is 5. The normalized spacial score (nSPS) is 20.8. The number of carboxylic acid groups (broad SMARTS) is 1. The third-order valence-corrected chi connectivity index (χ3v) is 14.0. The summed E-state index contributed by atoms with van der Waals surface area (Å²) in [5.74, 6) is -4.60. The quantitative estimate of drug-likeness (QED) is 0.217. The maximum atomic E-state index is 15.9. The van der Waals surface area contributed by atoms with Crippen molar-refractivity contribution in [2.24, 2.45) is 18.4 Å². The van der Waals surface area contributed by atoms with Crippen LogP contribution in [0.4, 0.5) is 8.78 Å². The molecular weight excluding hydrogens is 713 g/mol. The van der Waals surface area contributed by atoms with Crippen LogP contribution in [-0.4, -0.2) is 64.1 Å². The highest BCUT2D eigenvalue weighted by Gasteiger charge is 2.37. The van der Waals surface area contributed by atoms with Gasteiger partial charge < -0.3 is 10.1 Å². The number of nitrogens with one attached hydrogen (secondary N) is 1. The molecule has 6 rings (SSSR count). The van der Waals surface area contributed by atoms with Crippen LogP contribution in [0, 0.1) is 23.0 Å². The molecule has 0 fully saturated rings. The van der Waals surface area contributed by atoms with Crippen LogP contribution in [0.1, 0.15) is 69.5 Å². The molecule has 0 saturated carbocycles. The van der Waals surface area contributed by atoms with E-state index in [1.54, 1.807) is 14.0 Å². The van der Waals surface area contributed by atoms with Crippen LogP contribution in [0.2, 0.25) is 0 Å². The lowest BCUT2D eigenvalue weighted by Crippen LogP contribution is -2.29. The Morgan fingerprint density at radius 3 is 2.54 bits per heavy atom. The number of rotatable bonds is 4. The second kappa shape index (κ2) is 13.5. The molecule has 0 amide bonds. The summed E-state index contributed by atoms with van der Waals surface area (Å²) >= 11 is 0. The molecule has 1 aliphatic rings. The summed E-state index contributed by atoms with van der Waals surface area (Å²) in [5, 5.41) is 14.4. The van der Waals surface area contributed by atoms with E-state index in [1.165, 1.54) is 35.3 Å². The first-order chi connectivity index (χ1) is 24.3. The van der Waals surface area contributed by atoms with Crippen LogP contribution in [0.15, 0.2) is 64.6 Å². The number of fused-ring (bicyclic) bond motifs is 8. The molecule has 11 nitrogen and oxygen atoms in total. The van der Waals surface area contributed by atoms with Gasteiger partial charge in [-0.2, -0.15) is 5.10 Å². The fourth-order valence-corrected chi connectivity index (χ4v) is 10.8. The standard InChI is InChI=1S/C37H41F2N5O6S2/c1-22(34(45)46)18-23-8-6-9-24(19-23)37(4)14-7-13-36(2,3)21-51(47,48)17-12-27-26-11-16-41-31(26)29(38)30(39)32(27)52(49,50)25-10-15-40-28(20-25)33-42-35(37)43-44(33)5/h6,8-11,15-16,19-20,22,41H,7,12-14,17-18,21H2,1-5H3,(H,45,46)/t22-,37+/m0/s1. The third kappa shape index (κ3) is 6.99. The molecule has 0 unspecified atom stereocenters. The van der Waals surface area contributed by atoms with Crippen molar-refractivity contribution < 1.29 is 35.5 Å². The Morgan fingerprint density at radius 2 is 1.81 bits per heavy atom. The molecule has 2 N–H and O–H groups in total. The molecule has 0 spiro atoms. The van der Waals surface area contributed by atoms with Gasteiger partial charge in [-0.15, -0.1) is 0 Å². The molecule has 4 heterocycles. The molecule has 2 aromatic carbocycles. The topological polar surface area (TPSA) is 165 Å². The zero-order valence-electron chi connectivity index (χ0n) is 29.6. The number of halogens is 2. The zero-order valence-corrected chi connectivity index (χ0v) is 31.2. The van der Waals surface area contributed by atoms with E-state index in [0.717, 1.165) is 11.1 Å². The summed E-state index contributed by atoms with van der Waals surface area (Å²) in [6.07, 6.45) is 4.09. The minimum atomic E-state index is -4.78. The van der Waals surface area contributed by atoms with E-state index < -0.39 is 64.7 Å². The van der Waals surface area contributed by atoms with Crippen LogP contribution in [0.5, 0.6) is 0 Å². The van der Waals surface area contributed by atoms with Crippen molar-refractivity contribution in [3.05, 3.63) is 89.0 Å². The van der Waals surface area contributed by atoms with E-state index in [-0.39, 0.29) is 45.1 Å². The van der Waals surface area contributed by atoms with Gasteiger partial charge >= 0.3 is 5.97 Å². The highest BCUT2D eigenvalue weighted by atomic mass is 32.2. The summed E-state index contributed by atoms with van der Waals surface area (Å²) in [4.78, 5) is 22.2. The van der Waals surface area contributed by atoms with Gasteiger partial charge in [0, 0.05) is 24.8 Å². The number of pyridine rings is 1. The molecule has 52 heavy (non-hydrogen) atoms. The third-order valence-electron chi connectivity index (χ3n) is 10.1. The first-order valence-electron chi connectivity index (χ1n) is 17.0. The molecule has 3 aromatic heterocycles. The van der Waals surface area contributed by atoms with E-state index in [2.05, 4.69) is 9.97 Å². The number of nitrogens with zero attached hydrogens (tertiary/aromatic N) is 4. The van der Waals surface area contributed by atoms with Gasteiger partial charge in [-0.05, 0) is 72.9 Å². The average Bonchev–Trinajstić information content (AvgIpc) is 3.72. The van der Waals surface area contributed by atoms with Crippen LogP contribution in [0.3, 0.4) is 0 Å². The van der Waals surface area contributed by atoms with E-state index in [0.29, 0.717) is 31.5 Å². The molecule has 4 bridgehead atoms. The Bertz CT molecular complexity index is 2420. The second-order valence-corrected chi connectivity index (χ2v) is 18.9. The maximum Gasteiger partial charge on any atom is 0.306 e. The van der Waals surface area contributed by atoms with Crippen molar-refractivity contribution in [3.63, 3.8) is 0 Å². The first-order valence-corrected chi connectivity index (χ1v) is 20.3. The van der Waals surface area contributed by atoms with Gasteiger partial charge in [0.2, 0.25) is 9.84 Å². The minimum absolute atomic E-state index is 0.0781. The predicted molar refractivity (Wildman–Crippen MR) is 191 cm³/mol. The summed E-state index contributed by atoms with van der Waals surface area (Å²) in [7, 11) is -6.97. The lowest BCUT2D eigenvalue weighted by atomic mass is 9.75. The Morgan fingerprint density at radius 1 is 1.06 bits per heavy atom. The van der Waals surface area contributed by atoms with Crippen molar-refractivity contribution >= 4 is 36.5 Å². The van der Waals surface area contributed by atoms with E-state index in [1.807, 2.05) is 45.0 Å². The number of carboxylic acids is 1. The SMILES string of the molecule is C[C@@H](Cc1cccc([C@@]2(C)CCCC(C)(C)CS(=O)(=O)CCc3c(c(F)c(F)c4[nH]ccc34)S(=O)(=O)c3ccnc(c3)-c3nc2nn3C)c1)C(=O)O. The van der Waals surface area contributed by atoms with Gasteiger partial charge in [0.05, 0.1) is 33.3 Å². The second-order valence-electron chi connectivity index (χ2n) is 14.8. The Hall–Kier alpha value is -4.50. The van der Waals surface area contributed by atoms with Crippen LogP contribution in [0.25, 0.3) is 22.4 Å². The van der Waals surface area contributed by atoms with Crippen LogP contribution < -0.4 is 0 Å². The number of hydrogen-bond acceptors (Lipinski definition) is 8. The molecule has 0 aliphatic carbocycles. The number of aromatic amines is 1. The number of benzene rings is 2. The number of hydrogen-bond donors (Lipinski definition) is 2. The lowest BCUT2D eigenvalue weighted by Gasteiger charge is -2.31. The summed E-state index contributed by atoms with van der Waals surface area (Å²) in [6.45, 7) is 7.31. The molecule has 0 saturated heterocycles. The number of H-pyrrole nitrogens is 1. The summed E-state index contributed by atoms with van der Waals surface area (Å²) in [6, 6.07) is 11.4. The molecular formula is C37H41F2N5O6S2. The molecule has 2 atom stereocenters. The van der Waals surface area contributed by atoms with Gasteiger partial charge in [0.15, 0.2) is 33.1 Å². The number of aryl methyl sites for hydroxylation is 2. The van der Waals surface area contributed by atoms with Gasteiger partial charge in [-0.25, -0.2) is 35.3 Å². The minimum Gasteiger partial charge on any atom is -0.481 e. The van der Waals surface area contributed by atoms with Crippen molar-refractivity contribution in [3.8, 4) is 11.5 Å². The zero-order chi connectivity index (χ0) is 37.8. The van der Waals surface area contributed by atoms with Crippen molar-refractivity contribution in [2.45, 2.75) is 75.0 Å². The summed E-state index contributed by atoms with van der Waals surface area (Å²) < 4.78 is 88.7. The van der Waals surface area contributed by atoms with Crippen molar-refractivity contribution in [1.29, 1.82) is 0 Å². The van der Waals surface area contributed by atoms with Crippen molar-refractivity contribution in [2.75, 3.05) is 11.5 Å². The largest absolute Gasteiger partial charge is 0.481 e. The molecule has 0 radical (unpaired) electrons. The van der Waals surface area contributed by atoms with Crippen molar-refractivity contribution in [1.82, 2.24) is 24.7 Å². The highest BCUT2D eigenvalue weighted by Crippen LogP contribution is 2.40. The van der Waals surface area contributed by atoms with Crippen LogP contribution in [-0.2, 0) is 49.8 Å². The molecule has 15 heteroatoms. The lowest BCUT2D eigenvalue weighted by molar-refractivity contribution is -0.141. The van der Waals surface area contributed by atoms with Gasteiger partial charge in [-0.3, -0.25) is 9.78 Å². The van der Waals surface area contributed by atoms with Gasteiger partial charge in [0.25, 0.3) is 0 Å². The fourth-order valence-electron chi connectivity index (χ4n) is 7.24. The monoisotopic (exact) mass is 753 g/mol. The smallest absolute Gasteiger partial charge is 0.306 e. The van der Waals surface area contributed by atoms with E-state index in [4.69, 9.17) is 10.1 Å². The molecule has 1 aliphatic heterocycles. The molecule has 276 valence electrons. The van der Waals surface area contributed by atoms with E-state index in [9.17, 15) is 26.7 Å². The maximum absolute atomic E-state index is 15.9. The van der Waals surface area contributed by atoms with Gasteiger partial charge in [-0.1, -0.05) is 51.5 Å². The van der Waals surface area contributed by atoms with Crippen LogP contribution >= 0.6 is 0 Å². The van der Waals surface area contributed by atoms with E-state index >= 15 is 8.78 Å².